The van der Waals surface area contributed by atoms with Gasteiger partial charge in [0.2, 0.25) is 0 Å². The van der Waals surface area contributed by atoms with Crippen molar-refractivity contribution in [2.45, 2.75) is 45.2 Å². The van der Waals surface area contributed by atoms with E-state index in [-0.39, 0.29) is 18.1 Å². The molecule has 2 fully saturated rings. The topological polar surface area (TPSA) is 52.6 Å². The maximum atomic E-state index is 13.8. The molecule has 2 aromatic rings. The summed E-state index contributed by atoms with van der Waals surface area (Å²) in [6, 6.07) is 3.58. The van der Waals surface area contributed by atoms with E-state index in [4.69, 9.17) is 0 Å². The number of anilines is 1. The highest BCUT2D eigenvalue weighted by molar-refractivity contribution is 7.17. The minimum Gasteiger partial charge on any atom is -0.348 e. The highest BCUT2D eigenvalue weighted by Crippen LogP contribution is 2.29. The van der Waals surface area contributed by atoms with Crippen molar-refractivity contribution < 1.29 is 9.18 Å². The van der Waals surface area contributed by atoms with Crippen molar-refractivity contribution in [3.8, 4) is 0 Å². The number of pyridine rings is 1. The summed E-state index contributed by atoms with van der Waals surface area (Å²) >= 11 is 1.42. The molecule has 0 unspecified atom stereocenters. The molecule has 30 heavy (non-hydrogen) atoms. The summed E-state index contributed by atoms with van der Waals surface area (Å²) in [7, 11) is 1.67. The lowest BCUT2D eigenvalue weighted by atomic mass is 9.95. The summed E-state index contributed by atoms with van der Waals surface area (Å²) in [6.07, 6.45) is 8.15. The van der Waals surface area contributed by atoms with Gasteiger partial charge in [0.15, 0.2) is 5.13 Å². The van der Waals surface area contributed by atoms with Crippen LogP contribution < -0.4 is 4.90 Å². The van der Waals surface area contributed by atoms with Gasteiger partial charge in [0, 0.05) is 38.9 Å². The lowest BCUT2D eigenvalue weighted by Crippen LogP contribution is -2.48. The summed E-state index contributed by atoms with van der Waals surface area (Å²) in [5, 5.41) is 0.904. The second-order valence-electron chi connectivity index (χ2n) is 8.56. The normalized spacial score (nSPS) is 21.0. The van der Waals surface area contributed by atoms with Crippen molar-refractivity contribution in [3.05, 3.63) is 40.9 Å². The Morgan fingerprint density at radius 2 is 2.07 bits per heavy atom. The third kappa shape index (κ3) is 4.81. The second-order valence-corrected chi connectivity index (χ2v) is 9.57. The first-order valence-electron chi connectivity index (χ1n) is 10.8. The van der Waals surface area contributed by atoms with Gasteiger partial charge in [-0.3, -0.25) is 14.7 Å². The minimum atomic E-state index is -0.395. The van der Waals surface area contributed by atoms with Gasteiger partial charge in [0.25, 0.3) is 5.91 Å². The van der Waals surface area contributed by atoms with Gasteiger partial charge in [-0.1, -0.05) is 18.3 Å². The van der Waals surface area contributed by atoms with Gasteiger partial charge in [0.1, 0.15) is 10.7 Å². The fourth-order valence-electron chi connectivity index (χ4n) is 4.51. The first kappa shape index (κ1) is 21.2. The Hall–Kier alpha value is -2.06. The van der Waals surface area contributed by atoms with Gasteiger partial charge >= 0.3 is 0 Å². The molecule has 2 saturated heterocycles. The zero-order valence-electron chi connectivity index (χ0n) is 17.8. The van der Waals surface area contributed by atoms with Gasteiger partial charge in [-0.05, 0) is 50.3 Å². The fourth-order valence-corrected chi connectivity index (χ4v) is 5.47. The number of carbonyl (C=O) groups is 1. The molecule has 1 atom stereocenters. The van der Waals surface area contributed by atoms with Crippen molar-refractivity contribution in [3.63, 3.8) is 0 Å². The fraction of sp³-hybridized carbons (Fsp3) is 0.591. The van der Waals surface area contributed by atoms with E-state index in [1.165, 1.54) is 54.4 Å². The number of amides is 1. The maximum absolute atomic E-state index is 13.8. The molecule has 0 spiro atoms. The van der Waals surface area contributed by atoms with E-state index >= 15 is 0 Å². The van der Waals surface area contributed by atoms with Crippen molar-refractivity contribution >= 4 is 22.4 Å². The minimum absolute atomic E-state index is 0.137. The molecule has 0 aliphatic carbocycles. The molecule has 0 aromatic carbocycles. The van der Waals surface area contributed by atoms with Crippen LogP contribution >= 0.6 is 11.3 Å². The Morgan fingerprint density at radius 1 is 1.27 bits per heavy atom. The van der Waals surface area contributed by atoms with Crippen LogP contribution in [0.15, 0.2) is 24.5 Å². The van der Waals surface area contributed by atoms with Gasteiger partial charge in [-0.15, -0.1) is 0 Å². The lowest BCUT2D eigenvalue weighted by molar-refractivity contribution is 0.0786. The Labute approximate surface area is 181 Å². The van der Waals surface area contributed by atoms with E-state index in [2.05, 4.69) is 26.7 Å². The van der Waals surface area contributed by atoms with Gasteiger partial charge in [-0.25, -0.2) is 9.37 Å². The molecule has 0 radical (unpaired) electrons. The van der Waals surface area contributed by atoms with E-state index in [1.807, 2.05) is 0 Å². The Balaban J connectivity index is 1.33. The Bertz CT molecular complexity index is 867. The van der Waals surface area contributed by atoms with Crippen LogP contribution in [0, 0.1) is 11.7 Å². The third-order valence-electron chi connectivity index (χ3n) is 6.21. The zero-order chi connectivity index (χ0) is 21.1. The number of likely N-dealkylation sites (tertiary alicyclic amines) is 1. The molecule has 0 N–H and O–H groups in total. The Morgan fingerprint density at radius 3 is 2.80 bits per heavy atom. The van der Waals surface area contributed by atoms with Crippen LogP contribution in [0.5, 0.6) is 0 Å². The molecule has 2 aliphatic heterocycles. The molecule has 0 saturated carbocycles. The highest BCUT2D eigenvalue weighted by atomic mass is 32.1. The van der Waals surface area contributed by atoms with Crippen LogP contribution in [-0.4, -0.2) is 64.9 Å². The number of halogens is 1. The molecular weight excluding hydrogens is 401 g/mol. The van der Waals surface area contributed by atoms with Crippen LogP contribution in [0.25, 0.3) is 0 Å². The monoisotopic (exact) mass is 431 g/mol. The third-order valence-corrected chi connectivity index (χ3v) is 7.26. The molecule has 2 aromatic heterocycles. The summed E-state index contributed by atoms with van der Waals surface area (Å²) in [5.74, 6) is 0.259. The first-order valence-corrected chi connectivity index (χ1v) is 11.6. The number of hydrogen-bond donors (Lipinski definition) is 0. The number of aromatic nitrogens is 2. The summed E-state index contributed by atoms with van der Waals surface area (Å²) < 4.78 is 13.8. The van der Waals surface area contributed by atoms with Crippen molar-refractivity contribution in [2.75, 3.05) is 38.1 Å². The van der Waals surface area contributed by atoms with Gasteiger partial charge < -0.3 is 9.80 Å². The van der Waals surface area contributed by atoms with Crippen molar-refractivity contribution in [2.24, 2.45) is 5.92 Å². The van der Waals surface area contributed by atoms with Crippen LogP contribution in [0.2, 0.25) is 0 Å². The molecule has 1 amide bonds. The number of piperidine rings is 2. The summed E-state index contributed by atoms with van der Waals surface area (Å²) in [5.41, 5.74) is 0.271. The number of rotatable bonds is 5. The van der Waals surface area contributed by atoms with Crippen LogP contribution in [0.3, 0.4) is 0 Å². The summed E-state index contributed by atoms with van der Waals surface area (Å²) in [4.78, 5) is 28.3. The quantitative estimate of drug-likeness (QED) is 0.723. The van der Waals surface area contributed by atoms with E-state index in [1.54, 1.807) is 19.3 Å². The molecule has 4 rings (SSSR count). The van der Waals surface area contributed by atoms with Crippen molar-refractivity contribution in [1.29, 1.82) is 0 Å². The largest absolute Gasteiger partial charge is 0.348 e. The molecule has 162 valence electrons. The molecule has 6 nitrogen and oxygen atoms in total. The molecule has 8 heteroatoms. The predicted molar refractivity (Wildman–Crippen MR) is 117 cm³/mol. The van der Waals surface area contributed by atoms with E-state index in [0.717, 1.165) is 37.0 Å². The number of carbonyl (C=O) groups excluding carboxylic acids is 1. The van der Waals surface area contributed by atoms with Crippen LogP contribution in [0.4, 0.5) is 9.52 Å². The van der Waals surface area contributed by atoms with Crippen LogP contribution in [-0.2, 0) is 6.54 Å². The Kier molecular flexibility index (Phi) is 6.63. The summed E-state index contributed by atoms with van der Waals surface area (Å²) in [6.45, 7) is 6.91. The molecule has 0 bridgehead atoms. The smallest absolute Gasteiger partial charge is 0.265 e. The molecular formula is C22H30FN5OS. The standard InChI is InChI=1S/C22H30FN5OS/c1-16-5-4-10-28(14-16)17-7-11-27(12-8-17)22-25-13-20(30-22)21(29)26(2)15-19-18(23)6-3-9-24-19/h3,6,9,13,16-17H,4-5,7-8,10-12,14-15H2,1-2H3/t16-/m1/s1. The highest BCUT2D eigenvalue weighted by Gasteiger charge is 2.29. The van der Waals surface area contributed by atoms with Crippen molar-refractivity contribution in [1.82, 2.24) is 19.8 Å². The SMILES string of the molecule is C[C@@H]1CCCN(C2CCN(c3ncc(C(=O)N(C)Cc4ncccc4F)s3)CC2)C1. The average Bonchev–Trinajstić information content (AvgIpc) is 3.25. The molecule has 2 aliphatic rings. The lowest BCUT2D eigenvalue weighted by Gasteiger charge is -2.41. The van der Waals surface area contributed by atoms with Gasteiger partial charge in [-0.2, -0.15) is 0 Å². The number of nitrogens with zero attached hydrogens (tertiary/aromatic N) is 5. The molecule has 4 heterocycles. The van der Waals surface area contributed by atoms with E-state index in [9.17, 15) is 9.18 Å². The predicted octanol–water partition coefficient (Wildman–Crippen LogP) is 3.65. The zero-order valence-corrected chi connectivity index (χ0v) is 18.6. The first-order chi connectivity index (χ1) is 14.5. The van der Waals surface area contributed by atoms with Gasteiger partial charge in [0.05, 0.1) is 18.4 Å². The van der Waals surface area contributed by atoms with E-state index in [0.29, 0.717) is 10.9 Å². The second kappa shape index (κ2) is 9.39. The maximum Gasteiger partial charge on any atom is 0.265 e. The average molecular weight is 432 g/mol. The van der Waals surface area contributed by atoms with E-state index < -0.39 is 5.82 Å². The number of hydrogen-bond acceptors (Lipinski definition) is 6. The number of thiazole rings is 1. The van der Waals surface area contributed by atoms with Crippen LogP contribution in [0.1, 0.15) is 48.0 Å².